The summed E-state index contributed by atoms with van der Waals surface area (Å²) in [5.74, 6) is 1.24. The van der Waals surface area contributed by atoms with E-state index in [9.17, 15) is 4.79 Å². The molecule has 1 heterocycles. The maximum absolute atomic E-state index is 12.4. The smallest absolute Gasteiger partial charge is 0.211 e. The predicted molar refractivity (Wildman–Crippen MR) is 73.2 cm³/mol. The van der Waals surface area contributed by atoms with Crippen molar-refractivity contribution in [2.24, 2.45) is 0 Å². The molecule has 0 atom stereocenters. The molecule has 1 aliphatic rings. The summed E-state index contributed by atoms with van der Waals surface area (Å²) in [6.45, 7) is 1.79. The van der Waals surface area contributed by atoms with Crippen molar-refractivity contribution in [1.29, 1.82) is 0 Å². The normalized spacial score (nSPS) is 15.0. The first-order valence-corrected chi connectivity index (χ1v) is 6.68. The van der Waals surface area contributed by atoms with Crippen molar-refractivity contribution in [2.45, 2.75) is 32.1 Å². The maximum Gasteiger partial charge on any atom is 0.211 e. The highest BCUT2D eigenvalue weighted by molar-refractivity contribution is 6.07. The van der Waals surface area contributed by atoms with Gasteiger partial charge in [0.25, 0.3) is 0 Å². The summed E-state index contributed by atoms with van der Waals surface area (Å²) in [6.07, 6.45) is 5.41. The molecule has 0 unspecified atom stereocenters. The molecule has 0 bridgehead atoms. The van der Waals surface area contributed by atoms with Crippen LogP contribution < -0.4 is 0 Å². The first kappa shape index (κ1) is 12.0. The molecule has 1 aliphatic carbocycles. The van der Waals surface area contributed by atoms with E-state index >= 15 is 0 Å². The second kappa shape index (κ2) is 4.92. The van der Waals surface area contributed by atoms with Crippen LogP contribution >= 0.6 is 0 Å². The number of carbonyl (C=O) groups excluding carboxylic acids is 1. The average Bonchev–Trinajstić information content (AvgIpc) is 2.36. The van der Waals surface area contributed by atoms with Gasteiger partial charge < -0.3 is 0 Å². The summed E-state index contributed by atoms with van der Waals surface area (Å²) < 4.78 is 0. The summed E-state index contributed by atoms with van der Waals surface area (Å²) >= 11 is 0. The molecule has 1 aromatic carbocycles. The fourth-order valence-electron chi connectivity index (χ4n) is 2.41. The number of nitrogens with zero attached hydrogens (tertiary/aromatic N) is 2. The second-order valence-corrected chi connectivity index (χ2v) is 5.07. The van der Waals surface area contributed by atoms with E-state index in [0.29, 0.717) is 17.4 Å². The van der Waals surface area contributed by atoms with E-state index in [1.807, 2.05) is 18.2 Å². The molecular weight excluding hydrogens is 236 g/mol. The van der Waals surface area contributed by atoms with Crippen LogP contribution in [0.25, 0.3) is 0 Å². The SMILES string of the molecule is Cc1nccc(C(=O)c2cccc(C3CCC3)c2)n1. The van der Waals surface area contributed by atoms with Gasteiger partial charge in [0.2, 0.25) is 5.78 Å². The van der Waals surface area contributed by atoms with Crippen LogP contribution in [0.1, 0.15) is 52.6 Å². The maximum atomic E-state index is 12.4. The van der Waals surface area contributed by atoms with Gasteiger partial charge in [0, 0.05) is 11.8 Å². The van der Waals surface area contributed by atoms with Gasteiger partial charge in [-0.15, -0.1) is 0 Å². The van der Waals surface area contributed by atoms with Crippen LogP contribution in [0.4, 0.5) is 0 Å². The third kappa shape index (κ3) is 2.41. The minimum Gasteiger partial charge on any atom is -0.287 e. The van der Waals surface area contributed by atoms with Crippen LogP contribution in [-0.2, 0) is 0 Å². The summed E-state index contributed by atoms with van der Waals surface area (Å²) in [5, 5.41) is 0. The number of benzene rings is 1. The van der Waals surface area contributed by atoms with Crippen molar-refractivity contribution < 1.29 is 4.79 Å². The second-order valence-electron chi connectivity index (χ2n) is 5.07. The summed E-state index contributed by atoms with van der Waals surface area (Å²) in [5.41, 5.74) is 2.48. The number of aryl methyl sites for hydroxylation is 1. The minimum atomic E-state index is -0.0216. The molecule has 1 aromatic heterocycles. The molecule has 0 aliphatic heterocycles. The molecule has 96 valence electrons. The number of aromatic nitrogens is 2. The summed E-state index contributed by atoms with van der Waals surface area (Å²) in [4.78, 5) is 20.6. The van der Waals surface area contributed by atoms with Crippen LogP contribution in [0.15, 0.2) is 36.5 Å². The van der Waals surface area contributed by atoms with E-state index in [4.69, 9.17) is 0 Å². The largest absolute Gasteiger partial charge is 0.287 e. The van der Waals surface area contributed by atoms with E-state index in [-0.39, 0.29) is 5.78 Å². The van der Waals surface area contributed by atoms with Crippen LogP contribution in [0.5, 0.6) is 0 Å². The third-order valence-electron chi connectivity index (χ3n) is 3.73. The molecule has 0 spiro atoms. The first-order valence-electron chi connectivity index (χ1n) is 6.68. The zero-order valence-corrected chi connectivity index (χ0v) is 11.0. The van der Waals surface area contributed by atoms with Gasteiger partial charge in [-0.25, -0.2) is 9.97 Å². The zero-order valence-electron chi connectivity index (χ0n) is 11.0. The Morgan fingerprint density at radius 2 is 2.11 bits per heavy atom. The highest BCUT2D eigenvalue weighted by Gasteiger charge is 2.20. The zero-order chi connectivity index (χ0) is 13.2. The van der Waals surface area contributed by atoms with E-state index in [2.05, 4.69) is 16.0 Å². The van der Waals surface area contributed by atoms with Crippen LogP contribution in [0.2, 0.25) is 0 Å². The lowest BCUT2D eigenvalue weighted by Crippen LogP contribution is -2.11. The number of ketones is 1. The Labute approximate surface area is 112 Å². The van der Waals surface area contributed by atoms with Gasteiger partial charge >= 0.3 is 0 Å². The molecule has 3 heteroatoms. The molecule has 0 saturated heterocycles. The topological polar surface area (TPSA) is 42.9 Å². The molecule has 3 nitrogen and oxygen atoms in total. The fraction of sp³-hybridized carbons (Fsp3) is 0.312. The van der Waals surface area contributed by atoms with Gasteiger partial charge in [-0.2, -0.15) is 0 Å². The predicted octanol–water partition coefficient (Wildman–Crippen LogP) is 3.28. The van der Waals surface area contributed by atoms with E-state index in [1.165, 1.54) is 24.8 Å². The van der Waals surface area contributed by atoms with E-state index in [0.717, 1.165) is 5.56 Å². The Balaban J connectivity index is 1.91. The standard InChI is InChI=1S/C16H16N2O/c1-11-17-9-8-15(18-11)16(19)14-7-3-6-13(10-14)12-4-2-5-12/h3,6-10,12H,2,4-5H2,1H3. The van der Waals surface area contributed by atoms with Gasteiger partial charge in [0.15, 0.2) is 0 Å². The monoisotopic (exact) mass is 252 g/mol. The molecule has 2 aromatic rings. The van der Waals surface area contributed by atoms with Crippen molar-refractivity contribution in [3.63, 3.8) is 0 Å². The summed E-state index contributed by atoms with van der Waals surface area (Å²) in [6, 6.07) is 9.64. The number of carbonyl (C=O) groups is 1. The minimum absolute atomic E-state index is 0.0216. The molecule has 3 rings (SSSR count). The lowest BCUT2D eigenvalue weighted by molar-refractivity contribution is 0.103. The lowest BCUT2D eigenvalue weighted by atomic mass is 9.79. The van der Waals surface area contributed by atoms with Crippen LogP contribution in [0, 0.1) is 6.92 Å². The van der Waals surface area contributed by atoms with E-state index in [1.54, 1.807) is 19.2 Å². The van der Waals surface area contributed by atoms with Crippen molar-refractivity contribution in [3.05, 3.63) is 59.2 Å². The number of hydrogen-bond donors (Lipinski definition) is 0. The van der Waals surface area contributed by atoms with Gasteiger partial charge in [0.1, 0.15) is 11.5 Å². The van der Waals surface area contributed by atoms with Gasteiger partial charge in [-0.1, -0.05) is 24.6 Å². The number of rotatable bonds is 3. The van der Waals surface area contributed by atoms with Crippen molar-refractivity contribution in [1.82, 2.24) is 9.97 Å². The Hall–Kier alpha value is -2.03. The molecule has 0 radical (unpaired) electrons. The molecule has 0 N–H and O–H groups in total. The van der Waals surface area contributed by atoms with Crippen molar-refractivity contribution >= 4 is 5.78 Å². The van der Waals surface area contributed by atoms with E-state index < -0.39 is 0 Å². The van der Waals surface area contributed by atoms with Crippen LogP contribution in [0.3, 0.4) is 0 Å². The Kier molecular flexibility index (Phi) is 3.11. The molecule has 1 fully saturated rings. The third-order valence-corrected chi connectivity index (χ3v) is 3.73. The summed E-state index contributed by atoms with van der Waals surface area (Å²) in [7, 11) is 0. The first-order chi connectivity index (χ1) is 9.24. The molecule has 19 heavy (non-hydrogen) atoms. The Morgan fingerprint density at radius 1 is 1.26 bits per heavy atom. The van der Waals surface area contributed by atoms with Crippen molar-refractivity contribution in [3.8, 4) is 0 Å². The number of hydrogen-bond acceptors (Lipinski definition) is 3. The highest BCUT2D eigenvalue weighted by atomic mass is 16.1. The Bertz CT molecular complexity index is 618. The Morgan fingerprint density at radius 3 is 2.79 bits per heavy atom. The van der Waals surface area contributed by atoms with Crippen molar-refractivity contribution in [2.75, 3.05) is 0 Å². The van der Waals surface area contributed by atoms with Crippen LogP contribution in [-0.4, -0.2) is 15.8 Å². The fourth-order valence-corrected chi connectivity index (χ4v) is 2.41. The van der Waals surface area contributed by atoms with Gasteiger partial charge in [-0.05, 0) is 43.4 Å². The quantitative estimate of drug-likeness (QED) is 0.787. The average molecular weight is 252 g/mol. The molecule has 0 amide bonds. The van der Waals surface area contributed by atoms with Gasteiger partial charge in [0.05, 0.1) is 0 Å². The van der Waals surface area contributed by atoms with Gasteiger partial charge in [-0.3, -0.25) is 4.79 Å². The molecular formula is C16H16N2O. The highest BCUT2D eigenvalue weighted by Crippen LogP contribution is 2.36. The molecule has 1 saturated carbocycles. The lowest BCUT2D eigenvalue weighted by Gasteiger charge is -2.26.